The number of anilines is 1. The first-order chi connectivity index (χ1) is 8.86. The Bertz CT molecular complexity index is 660. The maximum atomic E-state index is 4.37. The fraction of sp³-hybridized carbons (Fsp3) is 0.273. The van der Waals surface area contributed by atoms with Gasteiger partial charge in [0.05, 0.1) is 11.7 Å². The van der Waals surface area contributed by atoms with Crippen LogP contribution in [0.1, 0.15) is 18.3 Å². The molecule has 0 fully saturated rings. The highest BCUT2D eigenvalue weighted by atomic mass is 32.1. The molecule has 3 aromatic rings. The number of nitrogens with one attached hydrogen (secondary N) is 1. The van der Waals surface area contributed by atoms with E-state index in [2.05, 4.69) is 29.5 Å². The van der Waals surface area contributed by atoms with Gasteiger partial charge in [0.2, 0.25) is 5.13 Å². The van der Waals surface area contributed by atoms with Crippen molar-refractivity contribution in [1.82, 2.24) is 18.1 Å². The molecule has 18 heavy (non-hydrogen) atoms. The first-order valence-electron chi connectivity index (χ1n) is 5.63. The summed E-state index contributed by atoms with van der Waals surface area (Å²) in [4.78, 5) is 4.37. The Balaban J connectivity index is 1.78. The molecule has 1 aromatic carbocycles. The molecule has 0 amide bonds. The van der Waals surface area contributed by atoms with Crippen LogP contribution in [-0.2, 0) is 13.0 Å². The van der Waals surface area contributed by atoms with Gasteiger partial charge in [0.1, 0.15) is 16.9 Å². The molecule has 0 saturated heterocycles. The van der Waals surface area contributed by atoms with Gasteiger partial charge in [-0.1, -0.05) is 19.1 Å². The van der Waals surface area contributed by atoms with Crippen molar-refractivity contribution < 1.29 is 0 Å². The average molecular weight is 277 g/mol. The summed E-state index contributed by atoms with van der Waals surface area (Å²) in [5.41, 5.74) is 3.05. The van der Waals surface area contributed by atoms with Gasteiger partial charge in [0.15, 0.2) is 0 Å². The molecule has 3 rings (SSSR count). The number of aryl methyl sites for hydroxylation is 1. The van der Waals surface area contributed by atoms with Crippen LogP contribution < -0.4 is 5.32 Å². The summed E-state index contributed by atoms with van der Waals surface area (Å²) in [6, 6.07) is 6.03. The first kappa shape index (κ1) is 11.5. The molecular formula is C11H11N5S2. The van der Waals surface area contributed by atoms with Gasteiger partial charge in [-0.15, -0.1) is 0 Å². The van der Waals surface area contributed by atoms with Crippen LogP contribution in [-0.4, -0.2) is 18.1 Å². The SMILES string of the molecule is CCc1nsc(NCc2cccc3nsnc23)n1. The zero-order valence-electron chi connectivity index (χ0n) is 9.75. The molecule has 0 bridgehead atoms. The Kier molecular flexibility index (Phi) is 3.16. The Morgan fingerprint density at radius 3 is 3.00 bits per heavy atom. The van der Waals surface area contributed by atoms with E-state index in [0.717, 1.165) is 34.0 Å². The summed E-state index contributed by atoms with van der Waals surface area (Å²) in [7, 11) is 0. The fourth-order valence-electron chi connectivity index (χ4n) is 1.64. The van der Waals surface area contributed by atoms with Crippen molar-refractivity contribution in [3.05, 3.63) is 29.6 Å². The van der Waals surface area contributed by atoms with Crippen molar-refractivity contribution >= 4 is 39.4 Å². The van der Waals surface area contributed by atoms with Gasteiger partial charge in [0.25, 0.3) is 0 Å². The van der Waals surface area contributed by atoms with E-state index >= 15 is 0 Å². The van der Waals surface area contributed by atoms with Crippen LogP contribution in [0.4, 0.5) is 5.13 Å². The van der Waals surface area contributed by atoms with Gasteiger partial charge < -0.3 is 5.32 Å². The quantitative estimate of drug-likeness (QED) is 0.794. The third-order valence-corrected chi connectivity index (χ3v) is 3.84. The van der Waals surface area contributed by atoms with E-state index in [1.165, 1.54) is 23.3 Å². The maximum Gasteiger partial charge on any atom is 0.202 e. The minimum atomic E-state index is 0.696. The van der Waals surface area contributed by atoms with Crippen molar-refractivity contribution in [3.63, 3.8) is 0 Å². The highest BCUT2D eigenvalue weighted by molar-refractivity contribution is 7.09. The second kappa shape index (κ2) is 4.95. The van der Waals surface area contributed by atoms with Gasteiger partial charge >= 0.3 is 0 Å². The summed E-state index contributed by atoms with van der Waals surface area (Å²) in [6.45, 7) is 2.74. The van der Waals surface area contributed by atoms with Crippen molar-refractivity contribution in [2.24, 2.45) is 0 Å². The smallest absolute Gasteiger partial charge is 0.202 e. The molecular weight excluding hydrogens is 266 g/mol. The van der Waals surface area contributed by atoms with Gasteiger partial charge in [-0.05, 0) is 6.07 Å². The third-order valence-electron chi connectivity index (χ3n) is 2.58. The van der Waals surface area contributed by atoms with Crippen LogP contribution in [0.2, 0.25) is 0 Å². The normalized spacial score (nSPS) is 10.9. The number of fused-ring (bicyclic) bond motifs is 1. The lowest BCUT2D eigenvalue weighted by Gasteiger charge is -2.02. The highest BCUT2D eigenvalue weighted by Crippen LogP contribution is 2.18. The van der Waals surface area contributed by atoms with Crippen molar-refractivity contribution in [3.8, 4) is 0 Å². The van der Waals surface area contributed by atoms with Gasteiger partial charge in [0, 0.05) is 30.1 Å². The van der Waals surface area contributed by atoms with Crippen LogP contribution in [0.5, 0.6) is 0 Å². The summed E-state index contributed by atoms with van der Waals surface area (Å²) in [5.74, 6) is 0.885. The van der Waals surface area contributed by atoms with E-state index in [-0.39, 0.29) is 0 Å². The van der Waals surface area contributed by atoms with E-state index in [4.69, 9.17) is 0 Å². The van der Waals surface area contributed by atoms with Crippen LogP contribution in [0, 0.1) is 0 Å². The second-order valence-corrected chi connectivity index (χ2v) is 5.05. The molecule has 0 saturated carbocycles. The highest BCUT2D eigenvalue weighted by Gasteiger charge is 2.06. The van der Waals surface area contributed by atoms with Crippen LogP contribution in [0.15, 0.2) is 18.2 Å². The summed E-state index contributed by atoms with van der Waals surface area (Å²) >= 11 is 2.64. The van der Waals surface area contributed by atoms with E-state index < -0.39 is 0 Å². The molecule has 0 atom stereocenters. The minimum absolute atomic E-state index is 0.696. The van der Waals surface area contributed by atoms with Crippen molar-refractivity contribution in [2.75, 3.05) is 5.32 Å². The standard InChI is InChI=1S/C11H11N5S2/c1-2-9-13-11(17-15-9)12-6-7-4-3-5-8-10(7)16-18-14-8/h3-5H,2,6H2,1H3,(H,12,13,15). The molecule has 0 aliphatic carbocycles. The lowest BCUT2D eigenvalue weighted by atomic mass is 10.2. The first-order valence-corrected chi connectivity index (χ1v) is 7.14. The molecule has 0 aliphatic rings. The number of rotatable bonds is 4. The van der Waals surface area contributed by atoms with E-state index in [1.807, 2.05) is 19.1 Å². The molecule has 0 aliphatic heterocycles. The largest absolute Gasteiger partial charge is 0.356 e. The van der Waals surface area contributed by atoms with Gasteiger partial charge in [-0.25, -0.2) is 4.98 Å². The Morgan fingerprint density at radius 2 is 2.17 bits per heavy atom. The number of hydrogen-bond donors (Lipinski definition) is 1. The molecule has 7 heteroatoms. The zero-order valence-corrected chi connectivity index (χ0v) is 11.4. The van der Waals surface area contributed by atoms with E-state index in [0.29, 0.717) is 6.54 Å². The number of aromatic nitrogens is 4. The van der Waals surface area contributed by atoms with Gasteiger partial charge in [-0.2, -0.15) is 13.1 Å². The number of benzene rings is 1. The topological polar surface area (TPSA) is 63.6 Å². The van der Waals surface area contributed by atoms with Gasteiger partial charge in [-0.3, -0.25) is 0 Å². The zero-order chi connectivity index (χ0) is 12.4. The molecule has 0 unspecified atom stereocenters. The maximum absolute atomic E-state index is 4.37. The van der Waals surface area contributed by atoms with Crippen LogP contribution >= 0.6 is 23.3 Å². The van der Waals surface area contributed by atoms with Crippen LogP contribution in [0.3, 0.4) is 0 Å². The number of nitrogens with zero attached hydrogens (tertiary/aromatic N) is 4. The lowest BCUT2D eigenvalue weighted by Crippen LogP contribution is -1.99. The predicted octanol–water partition coefficient (Wildman–Crippen LogP) is 2.72. The molecule has 1 N–H and O–H groups in total. The Morgan fingerprint density at radius 1 is 1.22 bits per heavy atom. The Labute approximate surface area is 112 Å². The summed E-state index contributed by atoms with van der Waals surface area (Å²) < 4.78 is 12.8. The number of hydrogen-bond acceptors (Lipinski definition) is 7. The molecule has 0 spiro atoms. The lowest BCUT2D eigenvalue weighted by molar-refractivity contribution is 0.993. The molecule has 2 heterocycles. The molecule has 92 valence electrons. The van der Waals surface area contributed by atoms with E-state index in [1.54, 1.807) is 0 Å². The predicted molar refractivity (Wildman–Crippen MR) is 74.0 cm³/mol. The van der Waals surface area contributed by atoms with E-state index in [9.17, 15) is 0 Å². The van der Waals surface area contributed by atoms with Crippen molar-refractivity contribution in [1.29, 1.82) is 0 Å². The average Bonchev–Trinajstić information content (AvgIpc) is 3.05. The second-order valence-electron chi connectivity index (χ2n) is 3.77. The molecule has 0 radical (unpaired) electrons. The third kappa shape index (κ3) is 2.19. The summed E-state index contributed by atoms with van der Waals surface area (Å²) in [5, 5.41) is 4.13. The molecule has 5 nitrogen and oxygen atoms in total. The van der Waals surface area contributed by atoms with Crippen LogP contribution in [0.25, 0.3) is 11.0 Å². The fourth-order valence-corrected chi connectivity index (χ4v) is 2.86. The molecule has 2 aromatic heterocycles. The summed E-state index contributed by atoms with van der Waals surface area (Å²) in [6.07, 6.45) is 0.865. The van der Waals surface area contributed by atoms with Crippen molar-refractivity contribution in [2.45, 2.75) is 19.9 Å². The minimum Gasteiger partial charge on any atom is -0.356 e. The Hall–Kier alpha value is -1.60. The monoisotopic (exact) mass is 277 g/mol.